The van der Waals surface area contributed by atoms with Gasteiger partial charge in [-0.3, -0.25) is 0 Å². The standard InChI is InChI=1S/C16H30N2/c1-16(2)8-4-5-15(16)17-11-12-9-13-6-7-14(10-12)18(13)3/h12-15,17H,4-11H2,1-3H3. The second-order valence-electron chi connectivity index (χ2n) is 7.73. The summed E-state index contributed by atoms with van der Waals surface area (Å²) in [5, 5.41) is 3.91. The summed E-state index contributed by atoms with van der Waals surface area (Å²) in [5.41, 5.74) is 0.532. The van der Waals surface area contributed by atoms with Gasteiger partial charge in [0.25, 0.3) is 0 Å². The summed E-state index contributed by atoms with van der Waals surface area (Å²) in [6.07, 6.45) is 10.00. The van der Waals surface area contributed by atoms with Crippen LogP contribution in [0.15, 0.2) is 0 Å². The molecule has 0 radical (unpaired) electrons. The zero-order valence-electron chi connectivity index (χ0n) is 12.4. The zero-order chi connectivity index (χ0) is 12.8. The quantitative estimate of drug-likeness (QED) is 0.828. The van der Waals surface area contributed by atoms with Crippen molar-refractivity contribution in [2.45, 2.75) is 76.9 Å². The molecule has 0 spiro atoms. The first-order chi connectivity index (χ1) is 8.56. The highest BCUT2D eigenvalue weighted by Crippen LogP contribution is 2.39. The third-order valence-corrected chi connectivity index (χ3v) is 6.11. The first kappa shape index (κ1) is 12.9. The van der Waals surface area contributed by atoms with Crippen LogP contribution in [0.3, 0.4) is 0 Å². The van der Waals surface area contributed by atoms with Crippen molar-refractivity contribution >= 4 is 0 Å². The minimum atomic E-state index is 0.532. The maximum absolute atomic E-state index is 3.91. The first-order valence-electron chi connectivity index (χ1n) is 8.01. The van der Waals surface area contributed by atoms with E-state index in [1.807, 2.05) is 0 Å². The van der Waals surface area contributed by atoms with Crippen LogP contribution in [0.1, 0.15) is 58.8 Å². The van der Waals surface area contributed by atoms with Crippen molar-refractivity contribution in [3.8, 4) is 0 Å². The van der Waals surface area contributed by atoms with E-state index in [9.17, 15) is 0 Å². The molecule has 3 rings (SSSR count). The second-order valence-corrected chi connectivity index (χ2v) is 7.73. The first-order valence-corrected chi connectivity index (χ1v) is 8.01. The summed E-state index contributed by atoms with van der Waals surface area (Å²) in [6, 6.07) is 2.56. The van der Waals surface area contributed by atoms with Gasteiger partial charge in [0.1, 0.15) is 0 Å². The lowest BCUT2D eigenvalue weighted by Crippen LogP contribution is -2.45. The molecule has 1 N–H and O–H groups in total. The molecule has 18 heavy (non-hydrogen) atoms. The van der Waals surface area contributed by atoms with E-state index in [1.165, 1.54) is 51.5 Å². The van der Waals surface area contributed by atoms with Gasteiger partial charge in [-0.2, -0.15) is 0 Å². The predicted molar refractivity (Wildman–Crippen MR) is 76.7 cm³/mol. The van der Waals surface area contributed by atoms with Gasteiger partial charge in [0.2, 0.25) is 0 Å². The van der Waals surface area contributed by atoms with Gasteiger partial charge in [-0.05, 0) is 63.5 Å². The van der Waals surface area contributed by atoms with Crippen LogP contribution in [0.25, 0.3) is 0 Å². The average Bonchev–Trinajstić information content (AvgIpc) is 2.74. The maximum atomic E-state index is 3.91. The Bertz CT molecular complexity index is 285. The molecule has 2 bridgehead atoms. The number of hydrogen-bond acceptors (Lipinski definition) is 2. The highest BCUT2D eigenvalue weighted by Gasteiger charge is 2.39. The van der Waals surface area contributed by atoms with Crippen molar-refractivity contribution in [2.24, 2.45) is 11.3 Å². The van der Waals surface area contributed by atoms with E-state index in [2.05, 4.69) is 31.1 Å². The molecular formula is C16H30N2. The normalized spacial score (nSPS) is 43.5. The summed E-state index contributed by atoms with van der Waals surface area (Å²) in [5.74, 6) is 0.940. The lowest BCUT2D eigenvalue weighted by molar-refractivity contribution is 0.127. The molecule has 2 nitrogen and oxygen atoms in total. The number of nitrogens with one attached hydrogen (secondary N) is 1. The highest BCUT2D eigenvalue weighted by molar-refractivity contribution is 4.95. The molecule has 1 aliphatic carbocycles. The Labute approximate surface area is 113 Å². The molecule has 3 fully saturated rings. The largest absolute Gasteiger partial charge is 0.313 e. The monoisotopic (exact) mass is 250 g/mol. The third kappa shape index (κ3) is 2.34. The number of fused-ring (bicyclic) bond motifs is 2. The van der Waals surface area contributed by atoms with E-state index in [0.717, 1.165) is 24.0 Å². The summed E-state index contributed by atoms with van der Waals surface area (Å²) < 4.78 is 0. The van der Waals surface area contributed by atoms with Crippen molar-refractivity contribution in [1.82, 2.24) is 10.2 Å². The van der Waals surface area contributed by atoms with E-state index >= 15 is 0 Å². The van der Waals surface area contributed by atoms with Gasteiger partial charge in [-0.25, -0.2) is 0 Å². The third-order valence-electron chi connectivity index (χ3n) is 6.11. The molecule has 0 aromatic heterocycles. The second kappa shape index (κ2) is 4.79. The van der Waals surface area contributed by atoms with E-state index in [0.29, 0.717) is 5.41 Å². The predicted octanol–water partition coefficient (Wildman–Crippen LogP) is 3.03. The van der Waals surface area contributed by atoms with Crippen molar-refractivity contribution in [2.75, 3.05) is 13.6 Å². The number of hydrogen-bond donors (Lipinski definition) is 1. The molecule has 104 valence electrons. The fourth-order valence-electron chi connectivity index (χ4n) is 4.70. The zero-order valence-corrected chi connectivity index (χ0v) is 12.4. The molecule has 2 heteroatoms. The number of rotatable bonds is 3. The molecular weight excluding hydrogens is 220 g/mol. The highest BCUT2D eigenvalue weighted by atomic mass is 15.2. The Morgan fingerprint density at radius 3 is 2.33 bits per heavy atom. The molecule has 0 aromatic carbocycles. The summed E-state index contributed by atoms with van der Waals surface area (Å²) >= 11 is 0. The van der Waals surface area contributed by atoms with Crippen LogP contribution < -0.4 is 5.32 Å². The molecule has 2 saturated heterocycles. The summed E-state index contributed by atoms with van der Waals surface area (Å²) in [6.45, 7) is 6.15. The van der Waals surface area contributed by atoms with Crippen LogP contribution in [0.4, 0.5) is 0 Å². The lowest BCUT2D eigenvalue weighted by atomic mass is 9.86. The molecule has 0 amide bonds. The van der Waals surface area contributed by atoms with Crippen LogP contribution in [0, 0.1) is 11.3 Å². The van der Waals surface area contributed by atoms with Crippen LogP contribution in [-0.4, -0.2) is 36.6 Å². The van der Waals surface area contributed by atoms with Crippen molar-refractivity contribution in [3.63, 3.8) is 0 Å². The Morgan fingerprint density at radius 2 is 1.78 bits per heavy atom. The molecule has 1 saturated carbocycles. The van der Waals surface area contributed by atoms with Gasteiger partial charge in [-0.15, -0.1) is 0 Å². The Morgan fingerprint density at radius 1 is 1.11 bits per heavy atom. The molecule has 3 atom stereocenters. The minimum absolute atomic E-state index is 0.532. The minimum Gasteiger partial charge on any atom is -0.313 e. The summed E-state index contributed by atoms with van der Waals surface area (Å²) in [4.78, 5) is 2.65. The van der Waals surface area contributed by atoms with Gasteiger partial charge in [0, 0.05) is 18.1 Å². The molecule has 2 heterocycles. The van der Waals surface area contributed by atoms with E-state index in [-0.39, 0.29) is 0 Å². The Hall–Kier alpha value is -0.0800. The number of nitrogens with zero attached hydrogens (tertiary/aromatic N) is 1. The SMILES string of the molecule is CN1C2CCC1CC(CNC1CCCC1(C)C)C2. The lowest BCUT2D eigenvalue weighted by Gasteiger charge is -2.38. The van der Waals surface area contributed by atoms with Gasteiger partial charge in [-0.1, -0.05) is 20.3 Å². The average molecular weight is 250 g/mol. The smallest absolute Gasteiger partial charge is 0.0118 e. The fraction of sp³-hybridized carbons (Fsp3) is 1.00. The molecule has 3 unspecified atom stereocenters. The summed E-state index contributed by atoms with van der Waals surface area (Å²) in [7, 11) is 2.34. The van der Waals surface area contributed by atoms with E-state index < -0.39 is 0 Å². The maximum Gasteiger partial charge on any atom is 0.0118 e. The fourth-order valence-corrected chi connectivity index (χ4v) is 4.70. The Kier molecular flexibility index (Phi) is 3.44. The van der Waals surface area contributed by atoms with Gasteiger partial charge in [0.15, 0.2) is 0 Å². The number of piperidine rings is 1. The van der Waals surface area contributed by atoms with Gasteiger partial charge >= 0.3 is 0 Å². The van der Waals surface area contributed by atoms with Crippen molar-refractivity contribution < 1.29 is 0 Å². The van der Waals surface area contributed by atoms with Gasteiger partial charge in [0.05, 0.1) is 0 Å². The molecule has 0 aromatic rings. The van der Waals surface area contributed by atoms with Crippen LogP contribution >= 0.6 is 0 Å². The Balaban J connectivity index is 1.50. The van der Waals surface area contributed by atoms with Crippen LogP contribution in [-0.2, 0) is 0 Å². The molecule has 2 aliphatic heterocycles. The van der Waals surface area contributed by atoms with Gasteiger partial charge < -0.3 is 10.2 Å². The van der Waals surface area contributed by atoms with Crippen LogP contribution in [0.5, 0.6) is 0 Å². The van der Waals surface area contributed by atoms with E-state index in [1.54, 1.807) is 0 Å². The van der Waals surface area contributed by atoms with Crippen molar-refractivity contribution in [3.05, 3.63) is 0 Å². The molecule has 3 aliphatic rings. The van der Waals surface area contributed by atoms with Crippen molar-refractivity contribution in [1.29, 1.82) is 0 Å². The topological polar surface area (TPSA) is 15.3 Å². The van der Waals surface area contributed by atoms with Crippen LogP contribution in [0.2, 0.25) is 0 Å². The van der Waals surface area contributed by atoms with E-state index in [4.69, 9.17) is 0 Å².